The first-order chi connectivity index (χ1) is 16.1. The molecule has 0 spiro atoms. The van der Waals surface area contributed by atoms with Crippen LogP contribution in [-0.2, 0) is 17.6 Å². The lowest BCUT2D eigenvalue weighted by Gasteiger charge is -2.16. The maximum atomic E-state index is 12.5. The first-order valence-corrected chi connectivity index (χ1v) is 12.0. The number of likely N-dealkylation sites (tertiary alicyclic amines) is 1. The molecule has 33 heavy (non-hydrogen) atoms. The lowest BCUT2D eigenvalue weighted by molar-refractivity contribution is -0.127. The summed E-state index contributed by atoms with van der Waals surface area (Å²) in [5, 5.41) is 8.07. The predicted molar refractivity (Wildman–Crippen MR) is 136 cm³/mol. The lowest BCUT2D eigenvalue weighted by Crippen LogP contribution is -2.38. The van der Waals surface area contributed by atoms with Gasteiger partial charge in [0.2, 0.25) is 5.91 Å². The fourth-order valence-corrected chi connectivity index (χ4v) is 4.49. The molecule has 0 aliphatic carbocycles. The number of rotatable bonds is 9. The number of fused-ring (bicyclic) bond motifs is 1. The van der Waals surface area contributed by atoms with Gasteiger partial charge in [-0.2, -0.15) is 0 Å². The van der Waals surface area contributed by atoms with Crippen molar-refractivity contribution in [2.45, 2.75) is 33.1 Å². The Bertz CT molecular complexity index is 1090. The van der Waals surface area contributed by atoms with Crippen LogP contribution >= 0.6 is 0 Å². The van der Waals surface area contributed by atoms with Crippen molar-refractivity contribution in [2.75, 3.05) is 32.7 Å². The van der Waals surface area contributed by atoms with Gasteiger partial charge in [0, 0.05) is 62.2 Å². The van der Waals surface area contributed by atoms with Crippen LogP contribution in [0.4, 0.5) is 0 Å². The van der Waals surface area contributed by atoms with E-state index in [2.05, 4.69) is 66.0 Å². The van der Waals surface area contributed by atoms with Crippen LogP contribution in [-0.4, -0.2) is 54.5 Å². The highest BCUT2D eigenvalue weighted by Crippen LogP contribution is 2.20. The largest absolute Gasteiger partial charge is 0.361 e. The number of guanidine groups is 1. The fourth-order valence-electron chi connectivity index (χ4n) is 4.49. The maximum absolute atomic E-state index is 12.5. The van der Waals surface area contributed by atoms with Crippen LogP contribution in [0.1, 0.15) is 30.0 Å². The molecule has 1 saturated heterocycles. The molecule has 6 nitrogen and oxygen atoms in total. The Kier molecular flexibility index (Phi) is 7.66. The number of nitrogens with one attached hydrogen (secondary N) is 3. The molecule has 1 aliphatic rings. The molecule has 0 radical (unpaired) electrons. The summed E-state index contributed by atoms with van der Waals surface area (Å²) in [6, 6.07) is 16.9. The van der Waals surface area contributed by atoms with E-state index in [9.17, 15) is 4.79 Å². The minimum atomic E-state index is 0.249. The van der Waals surface area contributed by atoms with Crippen LogP contribution in [0, 0.1) is 12.8 Å². The first-order valence-electron chi connectivity index (χ1n) is 12.0. The van der Waals surface area contributed by atoms with Crippen molar-refractivity contribution in [3.8, 4) is 0 Å². The van der Waals surface area contributed by atoms with Crippen LogP contribution < -0.4 is 10.6 Å². The number of hydrogen-bond acceptors (Lipinski definition) is 2. The van der Waals surface area contributed by atoms with Crippen molar-refractivity contribution in [1.29, 1.82) is 0 Å². The quantitative estimate of drug-likeness (QED) is 0.348. The number of H-pyrrole nitrogens is 1. The Morgan fingerprint density at radius 1 is 1.15 bits per heavy atom. The lowest BCUT2D eigenvalue weighted by atomic mass is 10.1. The molecule has 4 rings (SSSR count). The van der Waals surface area contributed by atoms with Crippen molar-refractivity contribution in [3.05, 3.63) is 71.4 Å². The molecule has 1 atom stereocenters. The molecule has 1 fully saturated rings. The summed E-state index contributed by atoms with van der Waals surface area (Å²) in [7, 11) is 0. The standard InChI is InChI=1S/C27H35N5O/c1-3-28-27(29-13-11-23-18-30-25-15-20(2)9-10-24(23)25)31-17-22-16-26(33)32(19-22)14-12-21-7-5-4-6-8-21/h4-10,15,18,22,30H,3,11-14,16-17,19H2,1-2H3,(H2,28,29,31). The normalized spacial score (nSPS) is 16.5. The number of aliphatic imine (C=N–C) groups is 1. The Morgan fingerprint density at radius 3 is 2.82 bits per heavy atom. The molecule has 1 amide bonds. The Morgan fingerprint density at radius 2 is 2.00 bits per heavy atom. The van der Waals surface area contributed by atoms with Gasteiger partial charge < -0.3 is 20.5 Å². The smallest absolute Gasteiger partial charge is 0.223 e. The maximum Gasteiger partial charge on any atom is 0.223 e. The first kappa shape index (κ1) is 22.9. The zero-order chi connectivity index (χ0) is 23.0. The highest BCUT2D eigenvalue weighted by Gasteiger charge is 2.29. The molecule has 1 unspecified atom stereocenters. The highest BCUT2D eigenvalue weighted by atomic mass is 16.2. The Hall–Kier alpha value is -3.28. The van der Waals surface area contributed by atoms with Gasteiger partial charge in [-0.05, 0) is 49.4 Å². The molecule has 1 aliphatic heterocycles. The molecular weight excluding hydrogens is 410 g/mol. The highest BCUT2D eigenvalue weighted by molar-refractivity contribution is 5.84. The minimum absolute atomic E-state index is 0.249. The number of hydrogen-bond donors (Lipinski definition) is 3. The molecular formula is C27H35N5O. The summed E-state index contributed by atoms with van der Waals surface area (Å²) >= 11 is 0. The van der Waals surface area contributed by atoms with Gasteiger partial charge in [-0.1, -0.05) is 42.5 Å². The topological polar surface area (TPSA) is 72.5 Å². The predicted octanol–water partition coefficient (Wildman–Crippen LogP) is 3.67. The molecule has 2 aromatic carbocycles. The van der Waals surface area contributed by atoms with E-state index in [0.29, 0.717) is 13.0 Å². The minimum Gasteiger partial charge on any atom is -0.361 e. The molecule has 6 heteroatoms. The van der Waals surface area contributed by atoms with Crippen molar-refractivity contribution in [3.63, 3.8) is 0 Å². The summed E-state index contributed by atoms with van der Waals surface area (Å²) in [5.74, 6) is 1.35. The summed E-state index contributed by atoms with van der Waals surface area (Å²) < 4.78 is 0. The van der Waals surface area contributed by atoms with Gasteiger partial charge >= 0.3 is 0 Å². The van der Waals surface area contributed by atoms with Gasteiger partial charge in [-0.15, -0.1) is 0 Å². The van der Waals surface area contributed by atoms with Crippen molar-refractivity contribution in [2.24, 2.45) is 10.9 Å². The summed E-state index contributed by atoms with van der Waals surface area (Å²) in [6.45, 7) is 8.04. The van der Waals surface area contributed by atoms with Gasteiger partial charge in [0.15, 0.2) is 5.96 Å². The molecule has 3 N–H and O–H groups in total. The van der Waals surface area contributed by atoms with Gasteiger partial charge in [-0.25, -0.2) is 0 Å². The van der Waals surface area contributed by atoms with E-state index in [4.69, 9.17) is 4.99 Å². The van der Waals surface area contributed by atoms with E-state index < -0.39 is 0 Å². The molecule has 1 aromatic heterocycles. The zero-order valence-electron chi connectivity index (χ0n) is 19.7. The van der Waals surface area contributed by atoms with Gasteiger partial charge in [0.25, 0.3) is 0 Å². The zero-order valence-corrected chi connectivity index (χ0v) is 19.7. The summed E-state index contributed by atoms with van der Waals surface area (Å²) in [6.07, 6.45) is 4.51. The van der Waals surface area contributed by atoms with Crippen LogP contribution in [0.5, 0.6) is 0 Å². The van der Waals surface area contributed by atoms with Crippen molar-refractivity contribution < 1.29 is 4.79 Å². The molecule has 3 aromatic rings. The average molecular weight is 446 g/mol. The number of aromatic amines is 1. The third-order valence-corrected chi connectivity index (χ3v) is 6.27. The van der Waals surface area contributed by atoms with Gasteiger partial charge in [0.05, 0.1) is 0 Å². The second-order valence-electron chi connectivity index (χ2n) is 8.90. The summed E-state index contributed by atoms with van der Waals surface area (Å²) in [4.78, 5) is 22.6. The molecule has 0 bridgehead atoms. The number of carbonyl (C=O) groups is 1. The molecule has 0 saturated carbocycles. The van der Waals surface area contributed by atoms with Crippen LogP contribution in [0.2, 0.25) is 0 Å². The van der Waals surface area contributed by atoms with E-state index in [1.54, 1.807) is 0 Å². The van der Waals surface area contributed by atoms with E-state index in [1.807, 2.05) is 23.1 Å². The number of benzene rings is 2. The van der Waals surface area contributed by atoms with Gasteiger partial charge in [-0.3, -0.25) is 9.79 Å². The second-order valence-corrected chi connectivity index (χ2v) is 8.90. The summed E-state index contributed by atoms with van der Waals surface area (Å²) in [5.41, 5.74) is 5.03. The number of carbonyl (C=O) groups excluding carboxylic acids is 1. The Labute approximate surface area is 196 Å². The SMILES string of the molecule is CCNC(=NCC1CC(=O)N(CCc2ccccc2)C1)NCCc1c[nH]c2cc(C)ccc12. The molecule has 174 valence electrons. The third-order valence-electron chi connectivity index (χ3n) is 6.27. The third kappa shape index (κ3) is 6.15. The number of aromatic nitrogens is 1. The Balaban J connectivity index is 1.26. The second kappa shape index (κ2) is 11.0. The van der Waals surface area contributed by atoms with E-state index >= 15 is 0 Å². The van der Waals surface area contributed by atoms with Crippen molar-refractivity contribution >= 4 is 22.8 Å². The van der Waals surface area contributed by atoms with Crippen LogP contribution in [0.25, 0.3) is 10.9 Å². The van der Waals surface area contributed by atoms with E-state index in [1.165, 1.54) is 27.6 Å². The van der Waals surface area contributed by atoms with Crippen LogP contribution in [0.3, 0.4) is 0 Å². The number of nitrogens with zero attached hydrogens (tertiary/aromatic N) is 2. The average Bonchev–Trinajstić information content (AvgIpc) is 3.39. The van der Waals surface area contributed by atoms with Gasteiger partial charge in [0.1, 0.15) is 0 Å². The molecule has 2 heterocycles. The van der Waals surface area contributed by atoms with E-state index in [-0.39, 0.29) is 11.8 Å². The number of aryl methyl sites for hydroxylation is 1. The van der Waals surface area contributed by atoms with Crippen LogP contribution in [0.15, 0.2) is 59.7 Å². The monoisotopic (exact) mass is 445 g/mol. The number of amides is 1. The van der Waals surface area contributed by atoms with E-state index in [0.717, 1.165) is 45.0 Å². The van der Waals surface area contributed by atoms with Crippen molar-refractivity contribution in [1.82, 2.24) is 20.5 Å². The fraction of sp³-hybridized carbons (Fsp3) is 0.407.